The van der Waals surface area contributed by atoms with Gasteiger partial charge in [0.15, 0.2) is 25.2 Å². The standard InChI is InChI=1S/C9H27F6N3Si6/c1-19(2)16(22(7,10)11)20(3,4)18(24(9,14)15)21(5,6)17(19)23(8,12)13/h1-9H3. The Labute approximate surface area is 147 Å². The highest BCUT2D eigenvalue weighted by Gasteiger charge is 2.74. The summed E-state index contributed by atoms with van der Waals surface area (Å²) in [7, 11) is -25.5. The van der Waals surface area contributed by atoms with Crippen LogP contribution in [0.2, 0.25) is 58.9 Å². The lowest BCUT2D eigenvalue weighted by Crippen LogP contribution is -2.96. The monoisotopic (exact) mass is 459 g/mol. The lowest BCUT2D eigenvalue weighted by molar-refractivity contribution is 0.433. The largest absolute Gasteiger partial charge is 0.493 e. The van der Waals surface area contributed by atoms with Gasteiger partial charge in [-0.15, -0.1) is 0 Å². The Hall–Kier alpha value is 0.761. The number of nitrogens with zero attached hydrogens (tertiary/aromatic N) is 3. The predicted molar refractivity (Wildman–Crippen MR) is 99.5 cm³/mol. The van der Waals surface area contributed by atoms with Crippen LogP contribution in [-0.2, 0) is 0 Å². The Morgan fingerprint density at radius 1 is 0.458 bits per heavy atom. The number of rotatable bonds is 3. The first kappa shape index (κ1) is 22.8. The Bertz CT molecular complexity index is 410. The molecule has 0 N–H and O–H groups in total. The van der Waals surface area contributed by atoms with Crippen LogP contribution >= 0.6 is 0 Å². The zero-order chi connectivity index (χ0) is 19.7. The molecule has 0 radical (unpaired) electrons. The fraction of sp³-hybridized carbons (Fsp3) is 1.00. The maximum atomic E-state index is 14.6. The Morgan fingerprint density at radius 2 is 0.583 bits per heavy atom. The summed E-state index contributed by atoms with van der Waals surface area (Å²) in [4.78, 5) is 0. The van der Waals surface area contributed by atoms with Crippen LogP contribution in [-0.4, -0.2) is 63.6 Å². The predicted octanol–water partition coefficient (Wildman–Crippen LogP) is 4.53. The average Bonchev–Trinajstić information content (AvgIpc) is 1.99. The van der Waals surface area contributed by atoms with Gasteiger partial charge in [-0.2, -0.15) is 0 Å². The van der Waals surface area contributed by atoms with Gasteiger partial charge in [-0.25, -0.2) is 0 Å². The first-order chi connectivity index (χ1) is 10.1. The fourth-order valence-electron chi connectivity index (χ4n) is 5.19. The Kier molecular flexibility index (Phi) is 5.59. The first-order valence-corrected chi connectivity index (χ1v) is 22.9. The van der Waals surface area contributed by atoms with Gasteiger partial charge in [0, 0.05) is 19.6 Å². The van der Waals surface area contributed by atoms with Crippen LogP contribution in [0.5, 0.6) is 0 Å². The minimum Gasteiger partial charge on any atom is -0.294 e. The van der Waals surface area contributed by atoms with E-state index in [4.69, 9.17) is 0 Å². The summed E-state index contributed by atoms with van der Waals surface area (Å²) in [6.07, 6.45) is 0. The van der Waals surface area contributed by atoms with E-state index >= 15 is 0 Å². The van der Waals surface area contributed by atoms with Crippen molar-refractivity contribution in [3.05, 3.63) is 0 Å². The van der Waals surface area contributed by atoms with Crippen molar-refractivity contribution in [2.45, 2.75) is 58.9 Å². The number of halogens is 6. The van der Waals surface area contributed by atoms with Crippen molar-refractivity contribution < 1.29 is 24.6 Å². The van der Waals surface area contributed by atoms with Crippen LogP contribution in [0.15, 0.2) is 0 Å². The molecule has 0 saturated carbocycles. The molecule has 1 saturated heterocycles. The van der Waals surface area contributed by atoms with Crippen LogP contribution in [0.3, 0.4) is 0 Å². The summed E-state index contributed by atoms with van der Waals surface area (Å²) in [5.41, 5.74) is 0. The quantitative estimate of drug-likeness (QED) is 0.349. The van der Waals surface area contributed by atoms with E-state index in [0.29, 0.717) is 0 Å². The molecule has 0 amide bonds. The third-order valence-electron chi connectivity index (χ3n) is 4.46. The fourth-order valence-corrected chi connectivity index (χ4v) is 52.1. The van der Waals surface area contributed by atoms with E-state index in [-0.39, 0.29) is 0 Å². The van der Waals surface area contributed by atoms with E-state index in [1.165, 1.54) is 39.3 Å². The first-order valence-electron chi connectivity index (χ1n) is 7.65. The van der Waals surface area contributed by atoms with Crippen LogP contribution in [0, 0.1) is 0 Å². The maximum absolute atomic E-state index is 14.6. The van der Waals surface area contributed by atoms with Gasteiger partial charge >= 0.3 is 26.7 Å². The van der Waals surface area contributed by atoms with Crippen LogP contribution in [0.4, 0.5) is 24.6 Å². The van der Waals surface area contributed by atoms with Gasteiger partial charge < -0.3 is 0 Å². The smallest absolute Gasteiger partial charge is 0.294 e. The highest BCUT2D eigenvalue weighted by Crippen LogP contribution is 2.47. The Balaban J connectivity index is 3.85. The molecule has 144 valence electrons. The second-order valence-corrected chi connectivity index (χ2v) is 30.1. The Morgan fingerprint density at radius 3 is 0.667 bits per heavy atom. The molecular weight excluding hydrogens is 433 g/mol. The average molecular weight is 460 g/mol. The van der Waals surface area contributed by atoms with Gasteiger partial charge in [-0.3, -0.25) is 36.3 Å². The van der Waals surface area contributed by atoms with Crippen molar-refractivity contribution in [3.8, 4) is 0 Å². The van der Waals surface area contributed by atoms with Gasteiger partial charge in [0.05, 0.1) is 0 Å². The zero-order valence-corrected chi connectivity index (χ0v) is 21.6. The van der Waals surface area contributed by atoms with E-state index < -0.39 is 51.9 Å². The van der Waals surface area contributed by atoms with Gasteiger partial charge in [0.1, 0.15) is 0 Å². The summed E-state index contributed by atoms with van der Waals surface area (Å²) in [5.74, 6) is 0. The molecule has 0 spiro atoms. The number of hydrogen-bond donors (Lipinski definition) is 0. The summed E-state index contributed by atoms with van der Waals surface area (Å²) in [6, 6.07) is 0. The highest BCUT2D eigenvalue weighted by molar-refractivity contribution is 7.17. The molecule has 0 aliphatic carbocycles. The van der Waals surface area contributed by atoms with E-state index in [1.54, 1.807) is 0 Å². The van der Waals surface area contributed by atoms with Crippen LogP contribution in [0.1, 0.15) is 0 Å². The molecule has 1 heterocycles. The molecule has 24 heavy (non-hydrogen) atoms. The highest BCUT2D eigenvalue weighted by atomic mass is 28.6. The van der Waals surface area contributed by atoms with Crippen molar-refractivity contribution in [2.24, 2.45) is 0 Å². The van der Waals surface area contributed by atoms with Gasteiger partial charge in [-0.05, 0) is 39.3 Å². The molecule has 0 aromatic heterocycles. The molecule has 1 aliphatic rings. The lowest BCUT2D eigenvalue weighted by Gasteiger charge is -2.69. The second-order valence-electron chi connectivity index (χ2n) is 8.02. The molecule has 0 unspecified atom stereocenters. The molecule has 15 heteroatoms. The van der Waals surface area contributed by atoms with E-state index in [2.05, 4.69) is 0 Å². The molecule has 1 rings (SSSR count). The summed E-state index contributed by atoms with van der Waals surface area (Å²) < 4.78 is 90.5. The third-order valence-corrected chi connectivity index (χ3v) is 40.2. The topological polar surface area (TPSA) is 9.72 Å². The van der Waals surface area contributed by atoms with Crippen molar-refractivity contribution in [3.63, 3.8) is 0 Å². The van der Waals surface area contributed by atoms with Crippen molar-refractivity contribution in [1.29, 1.82) is 0 Å². The minimum atomic E-state index is -5.06. The summed E-state index contributed by atoms with van der Waals surface area (Å²) in [6.45, 7) is 11.2. The molecular formula is C9H27F6N3Si6. The molecule has 0 aromatic carbocycles. The normalized spacial score (nSPS) is 26.6. The molecule has 0 bridgehead atoms. The van der Waals surface area contributed by atoms with Gasteiger partial charge in [-0.1, -0.05) is 0 Å². The maximum Gasteiger partial charge on any atom is 0.493 e. The van der Waals surface area contributed by atoms with Crippen LogP contribution in [0.25, 0.3) is 0 Å². The van der Waals surface area contributed by atoms with Crippen molar-refractivity contribution >= 4 is 51.9 Å². The van der Waals surface area contributed by atoms with Gasteiger partial charge in [0.25, 0.3) is 0 Å². The van der Waals surface area contributed by atoms with E-state index in [1.807, 2.05) is 0 Å². The van der Waals surface area contributed by atoms with E-state index in [9.17, 15) is 24.6 Å². The molecule has 0 atom stereocenters. The van der Waals surface area contributed by atoms with Gasteiger partial charge in [0.2, 0.25) is 0 Å². The second kappa shape index (κ2) is 5.88. The molecule has 0 aromatic rings. The van der Waals surface area contributed by atoms with Crippen molar-refractivity contribution in [2.75, 3.05) is 0 Å². The SMILES string of the molecule is C[Si](F)(F)N1[Si](C)(C)N([Si](C)(F)F)[Si](C)(C)N([Si](C)(F)F)[Si]1(C)C. The summed E-state index contributed by atoms with van der Waals surface area (Å²) >= 11 is 0. The molecule has 3 nitrogen and oxygen atoms in total. The summed E-state index contributed by atoms with van der Waals surface area (Å²) in [5, 5.41) is 0. The zero-order valence-electron chi connectivity index (χ0n) is 15.6. The lowest BCUT2D eigenvalue weighted by atomic mass is 11.9. The third kappa shape index (κ3) is 3.59. The van der Waals surface area contributed by atoms with Crippen molar-refractivity contribution in [1.82, 2.24) is 11.7 Å². The molecule has 1 aliphatic heterocycles. The van der Waals surface area contributed by atoms with E-state index in [0.717, 1.165) is 31.3 Å². The minimum absolute atomic E-state index is 0.775. The number of hydrogen-bond acceptors (Lipinski definition) is 3. The van der Waals surface area contributed by atoms with Crippen LogP contribution < -0.4 is 0 Å². The molecule has 1 fully saturated rings.